The number of primary amides is 1. The molecular weight excluding hydrogens is 254 g/mol. The number of aryl methyl sites for hydroxylation is 1. The first-order chi connectivity index (χ1) is 9.65. The summed E-state index contributed by atoms with van der Waals surface area (Å²) in [6.45, 7) is 1.82. The number of hydrogen-bond donors (Lipinski definition) is 2. The number of rotatable bonds is 3. The highest BCUT2D eigenvalue weighted by Gasteiger charge is 2.08. The standard InChI is InChI=1S/C15H13N3O2/c1-9-8-10(2-3-11(9)14(16)19)20-13-5-7-18-15-12(13)4-6-17-15/h2-8H,1H3,(H2,16,19)(H,17,18). The van der Waals surface area contributed by atoms with E-state index in [9.17, 15) is 4.79 Å². The Morgan fingerprint density at radius 3 is 2.90 bits per heavy atom. The van der Waals surface area contributed by atoms with Gasteiger partial charge in [0.2, 0.25) is 5.91 Å². The van der Waals surface area contributed by atoms with Gasteiger partial charge in [-0.05, 0) is 42.8 Å². The van der Waals surface area contributed by atoms with Crippen LogP contribution in [0.4, 0.5) is 0 Å². The van der Waals surface area contributed by atoms with Gasteiger partial charge in [0.05, 0.1) is 5.39 Å². The molecule has 0 atom stereocenters. The van der Waals surface area contributed by atoms with Crippen molar-refractivity contribution in [1.82, 2.24) is 9.97 Å². The number of aromatic amines is 1. The fourth-order valence-corrected chi connectivity index (χ4v) is 2.13. The van der Waals surface area contributed by atoms with Gasteiger partial charge in [-0.25, -0.2) is 4.98 Å². The molecule has 1 amide bonds. The van der Waals surface area contributed by atoms with Gasteiger partial charge in [0.25, 0.3) is 0 Å². The highest BCUT2D eigenvalue weighted by atomic mass is 16.5. The topological polar surface area (TPSA) is 81.0 Å². The smallest absolute Gasteiger partial charge is 0.248 e. The maximum atomic E-state index is 11.2. The molecule has 0 fully saturated rings. The summed E-state index contributed by atoms with van der Waals surface area (Å²) in [5, 5.41) is 0.907. The van der Waals surface area contributed by atoms with E-state index in [0.717, 1.165) is 16.6 Å². The number of pyridine rings is 1. The number of amides is 1. The third-order valence-electron chi connectivity index (χ3n) is 3.11. The van der Waals surface area contributed by atoms with Crippen LogP contribution in [-0.4, -0.2) is 15.9 Å². The molecule has 100 valence electrons. The van der Waals surface area contributed by atoms with Crippen molar-refractivity contribution in [3.05, 3.63) is 53.9 Å². The summed E-state index contributed by atoms with van der Waals surface area (Å²) in [5.41, 5.74) is 7.34. The highest BCUT2D eigenvalue weighted by Crippen LogP contribution is 2.29. The molecule has 0 unspecified atom stereocenters. The quantitative estimate of drug-likeness (QED) is 0.765. The second-order valence-electron chi connectivity index (χ2n) is 4.49. The summed E-state index contributed by atoms with van der Waals surface area (Å²) in [7, 11) is 0. The van der Waals surface area contributed by atoms with E-state index in [0.29, 0.717) is 17.1 Å². The lowest BCUT2D eigenvalue weighted by Gasteiger charge is -2.09. The lowest BCUT2D eigenvalue weighted by Crippen LogP contribution is -2.12. The number of H-pyrrole nitrogens is 1. The molecule has 20 heavy (non-hydrogen) atoms. The summed E-state index contributed by atoms with van der Waals surface area (Å²) in [4.78, 5) is 18.4. The maximum Gasteiger partial charge on any atom is 0.248 e. The van der Waals surface area contributed by atoms with E-state index in [1.54, 1.807) is 30.5 Å². The molecule has 3 aromatic rings. The number of nitrogens with zero attached hydrogens (tertiary/aromatic N) is 1. The minimum Gasteiger partial charge on any atom is -0.457 e. The van der Waals surface area contributed by atoms with Crippen LogP contribution in [0.5, 0.6) is 11.5 Å². The van der Waals surface area contributed by atoms with Gasteiger partial charge in [-0.2, -0.15) is 0 Å². The van der Waals surface area contributed by atoms with Gasteiger partial charge in [0.15, 0.2) is 0 Å². The Labute approximate surface area is 115 Å². The lowest BCUT2D eigenvalue weighted by atomic mass is 10.1. The Hall–Kier alpha value is -2.82. The number of hydrogen-bond acceptors (Lipinski definition) is 3. The van der Waals surface area contributed by atoms with Crippen molar-refractivity contribution >= 4 is 16.9 Å². The average Bonchev–Trinajstić information content (AvgIpc) is 2.87. The summed E-state index contributed by atoms with van der Waals surface area (Å²) in [6.07, 6.45) is 3.49. The Kier molecular flexibility index (Phi) is 2.87. The molecule has 0 saturated carbocycles. The second kappa shape index (κ2) is 4.70. The average molecular weight is 267 g/mol. The molecule has 5 nitrogen and oxygen atoms in total. The van der Waals surface area contributed by atoms with E-state index in [2.05, 4.69) is 9.97 Å². The third kappa shape index (κ3) is 2.09. The van der Waals surface area contributed by atoms with Crippen molar-refractivity contribution in [1.29, 1.82) is 0 Å². The summed E-state index contributed by atoms with van der Waals surface area (Å²) < 4.78 is 5.85. The van der Waals surface area contributed by atoms with Crippen LogP contribution in [0.3, 0.4) is 0 Å². The highest BCUT2D eigenvalue weighted by molar-refractivity contribution is 5.94. The third-order valence-corrected chi connectivity index (χ3v) is 3.11. The number of carbonyl (C=O) groups is 1. The molecule has 2 heterocycles. The van der Waals surface area contributed by atoms with Crippen LogP contribution in [0.2, 0.25) is 0 Å². The van der Waals surface area contributed by atoms with E-state index < -0.39 is 5.91 Å². The van der Waals surface area contributed by atoms with Crippen molar-refractivity contribution < 1.29 is 9.53 Å². The molecule has 0 aliphatic rings. The van der Waals surface area contributed by atoms with Crippen LogP contribution in [0.15, 0.2) is 42.7 Å². The first-order valence-electron chi connectivity index (χ1n) is 6.15. The van der Waals surface area contributed by atoms with Crippen molar-refractivity contribution in [2.75, 3.05) is 0 Å². The predicted molar refractivity (Wildman–Crippen MR) is 75.9 cm³/mol. The number of nitrogens with two attached hydrogens (primary N) is 1. The molecule has 3 rings (SSSR count). The van der Waals surface area contributed by atoms with E-state index in [1.165, 1.54) is 0 Å². The molecule has 1 aromatic carbocycles. The predicted octanol–water partition coefficient (Wildman–Crippen LogP) is 2.76. The molecule has 0 aliphatic heterocycles. The molecular formula is C15H13N3O2. The Morgan fingerprint density at radius 1 is 1.30 bits per heavy atom. The monoisotopic (exact) mass is 267 g/mol. The van der Waals surface area contributed by atoms with E-state index >= 15 is 0 Å². The zero-order chi connectivity index (χ0) is 14.1. The molecule has 0 aliphatic carbocycles. The van der Waals surface area contributed by atoms with Gasteiger partial charge >= 0.3 is 0 Å². The minimum atomic E-state index is -0.439. The van der Waals surface area contributed by atoms with Crippen LogP contribution in [0, 0.1) is 6.92 Å². The molecule has 0 radical (unpaired) electrons. The van der Waals surface area contributed by atoms with Crippen LogP contribution in [-0.2, 0) is 0 Å². The number of nitrogens with one attached hydrogen (secondary N) is 1. The molecule has 3 N–H and O–H groups in total. The normalized spacial score (nSPS) is 10.7. The molecule has 2 aromatic heterocycles. The van der Waals surface area contributed by atoms with Crippen LogP contribution < -0.4 is 10.5 Å². The van der Waals surface area contributed by atoms with Gasteiger partial charge in [-0.1, -0.05) is 0 Å². The van der Waals surface area contributed by atoms with Gasteiger partial charge in [-0.15, -0.1) is 0 Å². The van der Waals surface area contributed by atoms with E-state index in [4.69, 9.17) is 10.5 Å². The molecule has 0 spiro atoms. The Morgan fingerprint density at radius 2 is 2.15 bits per heavy atom. The number of ether oxygens (including phenoxy) is 1. The van der Waals surface area contributed by atoms with E-state index in [1.807, 2.05) is 19.2 Å². The van der Waals surface area contributed by atoms with Gasteiger partial charge in [0, 0.05) is 18.0 Å². The largest absolute Gasteiger partial charge is 0.457 e. The number of benzene rings is 1. The zero-order valence-corrected chi connectivity index (χ0v) is 10.9. The maximum absolute atomic E-state index is 11.2. The van der Waals surface area contributed by atoms with Crippen molar-refractivity contribution in [3.63, 3.8) is 0 Å². The van der Waals surface area contributed by atoms with Crippen molar-refractivity contribution in [3.8, 4) is 11.5 Å². The van der Waals surface area contributed by atoms with Crippen LogP contribution in [0.25, 0.3) is 11.0 Å². The van der Waals surface area contributed by atoms with Crippen molar-refractivity contribution in [2.45, 2.75) is 6.92 Å². The van der Waals surface area contributed by atoms with Gasteiger partial charge in [-0.3, -0.25) is 4.79 Å². The number of aromatic nitrogens is 2. The number of fused-ring (bicyclic) bond motifs is 1. The Bertz CT molecular complexity index is 793. The molecule has 0 bridgehead atoms. The fraction of sp³-hybridized carbons (Fsp3) is 0.0667. The second-order valence-corrected chi connectivity index (χ2v) is 4.49. The summed E-state index contributed by atoms with van der Waals surface area (Å²) in [6, 6.07) is 8.89. The lowest BCUT2D eigenvalue weighted by molar-refractivity contribution is 0.0999. The van der Waals surface area contributed by atoms with Gasteiger partial charge in [0.1, 0.15) is 17.1 Å². The van der Waals surface area contributed by atoms with Gasteiger partial charge < -0.3 is 15.5 Å². The van der Waals surface area contributed by atoms with Crippen molar-refractivity contribution in [2.24, 2.45) is 5.73 Å². The minimum absolute atomic E-state index is 0.439. The SMILES string of the molecule is Cc1cc(Oc2ccnc3[nH]ccc23)ccc1C(N)=O. The van der Waals surface area contributed by atoms with E-state index in [-0.39, 0.29) is 0 Å². The first-order valence-corrected chi connectivity index (χ1v) is 6.15. The molecule has 0 saturated heterocycles. The first kappa shape index (κ1) is 12.2. The molecule has 5 heteroatoms. The fourth-order valence-electron chi connectivity index (χ4n) is 2.13. The summed E-state index contributed by atoms with van der Waals surface area (Å²) in [5.74, 6) is 0.926. The summed E-state index contributed by atoms with van der Waals surface area (Å²) >= 11 is 0. The zero-order valence-electron chi connectivity index (χ0n) is 10.9. The Balaban J connectivity index is 1.97. The van der Waals surface area contributed by atoms with Crippen LogP contribution >= 0.6 is 0 Å². The van der Waals surface area contributed by atoms with Crippen LogP contribution in [0.1, 0.15) is 15.9 Å². The number of carbonyl (C=O) groups excluding carboxylic acids is 1.